The molecule has 0 spiro atoms. The number of nitrogens with zero attached hydrogens (tertiary/aromatic N) is 3. The number of benzene rings is 3. The number of nitrogens with one attached hydrogen (secondary N) is 1. The van der Waals surface area contributed by atoms with E-state index in [2.05, 4.69) is 15.5 Å². The normalized spacial score (nSPS) is 10.7. The van der Waals surface area contributed by atoms with Crippen LogP contribution in [-0.2, 0) is 4.79 Å². The lowest BCUT2D eigenvalue weighted by Crippen LogP contribution is -2.15. The first-order valence-electron chi connectivity index (χ1n) is 9.38. The van der Waals surface area contributed by atoms with Crippen LogP contribution in [0.2, 0.25) is 0 Å². The molecule has 1 aromatic heterocycles. The Hall–Kier alpha value is -3.03. The van der Waals surface area contributed by atoms with Crippen LogP contribution in [0.1, 0.15) is 0 Å². The van der Waals surface area contributed by atoms with Gasteiger partial charge in [-0.25, -0.2) is 0 Å². The number of anilines is 1. The molecule has 1 heterocycles. The monoisotopic (exact) mass is 432 g/mol. The highest BCUT2D eigenvalue weighted by molar-refractivity contribution is 7.99. The molecule has 7 heteroatoms. The molecule has 5 nitrogen and oxygen atoms in total. The molecule has 0 aliphatic rings. The quantitative estimate of drug-likeness (QED) is 0.397. The maximum absolute atomic E-state index is 12.6. The van der Waals surface area contributed by atoms with Gasteiger partial charge >= 0.3 is 0 Å². The van der Waals surface area contributed by atoms with Crippen molar-refractivity contribution < 1.29 is 4.79 Å². The van der Waals surface area contributed by atoms with Gasteiger partial charge in [-0.2, -0.15) is 0 Å². The zero-order chi connectivity index (χ0) is 20.8. The number of aromatic nitrogens is 3. The Morgan fingerprint density at radius 3 is 2.30 bits per heavy atom. The lowest BCUT2D eigenvalue weighted by molar-refractivity contribution is -0.113. The van der Waals surface area contributed by atoms with Gasteiger partial charge in [-0.05, 0) is 30.5 Å². The molecule has 30 heavy (non-hydrogen) atoms. The fraction of sp³-hybridized carbons (Fsp3) is 0.0870. The van der Waals surface area contributed by atoms with Crippen LogP contribution in [0.4, 0.5) is 5.69 Å². The summed E-state index contributed by atoms with van der Waals surface area (Å²) in [6, 6.07) is 27.7. The molecular weight excluding hydrogens is 412 g/mol. The fourth-order valence-electron chi connectivity index (χ4n) is 3.01. The molecule has 0 fully saturated rings. The van der Waals surface area contributed by atoms with E-state index < -0.39 is 0 Å². The summed E-state index contributed by atoms with van der Waals surface area (Å²) in [6.45, 7) is 0. The van der Waals surface area contributed by atoms with E-state index in [0.29, 0.717) is 5.16 Å². The summed E-state index contributed by atoms with van der Waals surface area (Å²) in [5.41, 5.74) is 2.75. The molecule has 1 N–H and O–H groups in total. The third-order valence-corrected chi connectivity index (χ3v) is 6.12. The van der Waals surface area contributed by atoms with Gasteiger partial charge in [0.15, 0.2) is 11.0 Å². The number of hydrogen-bond acceptors (Lipinski definition) is 5. The van der Waals surface area contributed by atoms with E-state index in [1.165, 1.54) is 11.8 Å². The van der Waals surface area contributed by atoms with Crippen molar-refractivity contribution >= 4 is 35.1 Å². The molecule has 3 aromatic carbocycles. The molecular formula is C23H20N4OS2. The first-order valence-corrected chi connectivity index (χ1v) is 11.6. The van der Waals surface area contributed by atoms with E-state index >= 15 is 0 Å². The highest BCUT2D eigenvalue weighted by atomic mass is 32.2. The summed E-state index contributed by atoms with van der Waals surface area (Å²) in [5, 5.41) is 12.4. The van der Waals surface area contributed by atoms with Crippen molar-refractivity contribution in [1.29, 1.82) is 0 Å². The number of amides is 1. The summed E-state index contributed by atoms with van der Waals surface area (Å²) in [4.78, 5) is 13.6. The summed E-state index contributed by atoms with van der Waals surface area (Å²) >= 11 is 2.97. The number of rotatable bonds is 7. The Balaban J connectivity index is 1.57. The van der Waals surface area contributed by atoms with Crippen molar-refractivity contribution in [3.63, 3.8) is 0 Å². The summed E-state index contributed by atoms with van der Waals surface area (Å²) in [5.74, 6) is 0.908. The van der Waals surface area contributed by atoms with Gasteiger partial charge in [0, 0.05) is 16.1 Å². The van der Waals surface area contributed by atoms with Crippen molar-refractivity contribution in [2.75, 3.05) is 17.3 Å². The van der Waals surface area contributed by atoms with Crippen LogP contribution in [0.25, 0.3) is 17.1 Å². The van der Waals surface area contributed by atoms with Crippen molar-refractivity contribution in [1.82, 2.24) is 14.8 Å². The zero-order valence-electron chi connectivity index (χ0n) is 16.4. The van der Waals surface area contributed by atoms with Gasteiger partial charge in [0.25, 0.3) is 0 Å². The Bertz CT molecular complexity index is 1130. The van der Waals surface area contributed by atoms with Gasteiger partial charge in [-0.15, -0.1) is 22.0 Å². The number of carbonyl (C=O) groups is 1. The summed E-state index contributed by atoms with van der Waals surface area (Å²) < 4.78 is 1.99. The molecule has 0 atom stereocenters. The Morgan fingerprint density at radius 2 is 1.57 bits per heavy atom. The molecule has 150 valence electrons. The van der Waals surface area contributed by atoms with E-state index in [0.717, 1.165) is 27.7 Å². The second kappa shape index (κ2) is 9.65. The maximum atomic E-state index is 12.6. The second-order valence-electron chi connectivity index (χ2n) is 6.38. The SMILES string of the molecule is CSc1ccccc1NC(=O)CSc1nnc(-c2ccccc2)n1-c1ccccc1. The fourth-order valence-corrected chi connectivity index (χ4v) is 4.32. The Kier molecular flexibility index (Phi) is 6.51. The van der Waals surface area contributed by atoms with Gasteiger partial charge in [0.1, 0.15) is 0 Å². The number of para-hydroxylation sites is 2. The average Bonchev–Trinajstić information content (AvgIpc) is 3.23. The number of thioether (sulfide) groups is 2. The van der Waals surface area contributed by atoms with Crippen LogP contribution in [0.3, 0.4) is 0 Å². The highest BCUT2D eigenvalue weighted by Gasteiger charge is 2.17. The second-order valence-corrected chi connectivity index (χ2v) is 8.17. The summed E-state index contributed by atoms with van der Waals surface area (Å²) in [7, 11) is 0. The lowest BCUT2D eigenvalue weighted by Gasteiger charge is -2.11. The third-order valence-electron chi connectivity index (χ3n) is 4.39. The minimum absolute atomic E-state index is 0.0784. The molecule has 1 amide bonds. The van der Waals surface area contributed by atoms with Crippen molar-refractivity contribution in [2.45, 2.75) is 10.1 Å². The smallest absolute Gasteiger partial charge is 0.234 e. The molecule has 0 saturated heterocycles. The molecule has 4 aromatic rings. The Labute approximate surface area is 183 Å². The predicted octanol–water partition coefficient (Wildman–Crippen LogP) is 5.39. The van der Waals surface area contributed by atoms with E-state index in [4.69, 9.17) is 0 Å². The molecule has 0 unspecified atom stereocenters. The minimum Gasteiger partial charge on any atom is -0.324 e. The van der Waals surface area contributed by atoms with Crippen LogP contribution in [-0.4, -0.2) is 32.7 Å². The largest absolute Gasteiger partial charge is 0.324 e. The third kappa shape index (κ3) is 4.58. The predicted molar refractivity (Wildman–Crippen MR) is 124 cm³/mol. The molecule has 0 aliphatic carbocycles. The van der Waals surface area contributed by atoms with E-state index in [9.17, 15) is 4.79 Å². The van der Waals surface area contributed by atoms with Crippen LogP contribution in [0.15, 0.2) is 95.0 Å². The average molecular weight is 433 g/mol. The molecule has 0 radical (unpaired) electrons. The molecule has 0 saturated carbocycles. The summed E-state index contributed by atoms with van der Waals surface area (Å²) in [6.07, 6.45) is 1.99. The van der Waals surface area contributed by atoms with Crippen LogP contribution in [0, 0.1) is 0 Å². The van der Waals surface area contributed by atoms with Gasteiger partial charge in [-0.1, -0.05) is 72.4 Å². The standard InChI is InChI=1S/C23H20N4OS2/c1-29-20-15-9-8-14-19(20)24-21(28)16-30-23-26-25-22(17-10-4-2-5-11-17)27(23)18-12-6-3-7-13-18/h2-15H,16H2,1H3,(H,24,28). The molecule has 0 aliphatic heterocycles. The molecule has 4 rings (SSSR count). The van der Waals surface area contributed by atoms with Crippen LogP contribution in [0.5, 0.6) is 0 Å². The van der Waals surface area contributed by atoms with Crippen LogP contribution >= 0.6 is 23.5 Å². The van der Waals surface area contributed by atoms with Crippen LogP contribution < -0.4 is 5.32 Å². The number of hydrogen-bond donors (Lipinski definition) is 1. The lowest BCUT2D eigenvalue weighted by atomic mass is 10.2. The first kappa shape index (κ1) is 20.3. The minimum atomic E-state index is -0.0784. The van der Waals surface area contributed by atoms with Gasteiger partial charge in [0.2, 0.25) is 5.91 Å². The first-order chi connectivity index (χ1) is 14.8. The maximum Gasteiger partial charge on any atom is 0.234 e. The van der Waals surface area contributed by atoms with E-state index in [-0.39, 0.29) is 11.7 Å². The van der Waals surface area contributed by atoms with Gasteiger partial charge in [-0.3, -0.25) is 9.36 Å². The van der Waals surface area contributed by atoms with Gasteiger partial charge in [0.05, 0.1) is 11.4 Å². The van der Waals surface area contributed by atoms with Crippen molar-refractivity contribution in [3.05, 3.63) is 84.9 Å². The van der Waals surface area contributed by atoms with Crippen molar-refractivity contribution in [3.8, 4) is 17.1 Å². The van der Waals surface area contributed by atoms with Crippen molar-refractivity contribution in [2.24, 2.45) is 0 Å². The number of carbonyl (C=O) groups excluding carboxylic acids is 1. The topological polar surface area (TPSA) is 59.8 Å². The van der Waals surface area contributed by atoms with E-state index in [1.807, 2.05) is 95.8 Å². The molecule has 0 bridgehead atoms. The van der Waals surface area contributed by atoms with Gasteiger partial charge < -0.3 is 5.32 Å². The van der Waals surface area contributed by atoms with E-state index in [1.54, 1.807) is 11.8 Å². The zero-order valence-corrected chi connectivity index (χ0v) is 18.0. The highest BCUT2D eigenvalue weighted by Crippen LogP contribution is 2.29. The Morgan fingerprint density at radius 1 is 0.900 bits per heavy atom.